The first kappa shape index (κ1) is 19.4. The maximum atomic E-state index is 11.3. The highest BCUT2D eigenvalue weighted by Crippen LogP contribution is 2.34. The van der Waals surface area contributed by atoms with E-state index in [4.69, 9.17) is 29.2 Å². The predicted octanol–water partition coefficient (Wildman–Crippen LogP) is 1.06. The minimum Gasteiger partial charge on any atom is -0.458 e. The zero-order valence-electron chi connectivity index (χ0n) is 12.7. The van der Waals surface area contributed by atoms with Gasteiger partial charge >= 0.3 is 20.2 Å². The Morgan fingerprint density at radius 3 is 2.30 bits per heavy atom. The maximum absolute atomic E-state index is 11.3. The number of esters is 2. The average molecular weight is 351 g/mol. The van der Waals surface area contributed by atoms with Crippen molar-refractivity contribution in [1.29, 1.82) is 0 Å². The molecule has 0 aromatic heterocycles. The molecule has 0 spiro atoms. The lowest BCUT2D eigenvalue weighted by Crippen LogP contribution is -2.59. The number of rotatable bonds is 6. The fraction of sp³-hybridized carbons (Fsp3) is 0.818. The number of nitrogens with zero attached hydrogens (tertiary/aromatic N) is 3. The van der Waals surface area contributed by atoms with Gasteiger partial charge in [-0.1, -0.05) is 12.0 Å². The molecular weight excluding hydrogens is 333 g/mol. The van der Waals surface area contributed by atoms with Crippen LogP contribution >= 0.6 is 8.25 Å². The second-order valence-electron chi connectivity index (χ2n) is 4.68. The minimum atomic E-state index is -3.41. The van der Waals surface area contributed by atoms with E-state index in [1.807, 2.05) is 0 Å². The van der Waals surface area contributed by atoms with E-state index in [2.05, 4.69) is 10.0 Å². The summed E-state index contributed by atoms with van der Waals surface area (Å²) in [7, 11) is -3.41. The highest BCUT2D eigenvalue weighted by molar-refractivity contribution is 7.32. The first-order chi connectivity index (χ1) is 10.8. The maximum Gasteiger partial charge on any atom is 0.318 e. The highest BCUT2D eigenvalue weighted by Gasteiger charge is 2.50. The number of hydrogen-bond donors (Lipinski definition) is 1. The molecule has 1 rings (SSSR count). The number of hydrogen-bond acceptors (Lipinski definition) is 8. The third-order valence-electron chi connectivity index (χ3n) is 3.02. The standard InChI is InChI=1S/C11H18N3O8P/c1-4-7-9(19-5(2)15)10(20-6(3)16)8(13-14-12)11(21-7)22-23(17)18/h7-11,23H,4H2,1-3H3,(H,17,18)/t7?,8?,9-,10-,11-/m1/s1. The molecule has 0 amide bonds. The van der Waals surface area contributed by atoms with Gasteiger partial charge in [0.1, 0.15) is 12.1 Å². The quantitative estimate of drug-likeness (QED) is 0.245. The molecule has 1 saturated heterocycles. The van der Waals surface area contributed by atoms with Crippen LogP contribution in [0.3, 0.4) is 0 Å². The van der Waals surface area contributed by atoms with Crippen molar-refractivity contribution >= 4 is 20.2 Å². The van der Waals surface area contributed by atoms with Crippen LogP contribution in [-0.4, -0.2) is 47.5 Å². The lowest BCUT2D eigenvalue weighted by atomic mass is 9.95. The molecular formula is C11H18N3O8P. The molecule has 12 heteroatoms. The van der Waals surface area contributed by atoms with Crippen molar-refractivity contribution in [1.82, 2.24) is 0 Å². The Morgan fingerprint density at radius 2 is 1.87 bits per heavy atom. The number of azide groups is 1. The molecule has 0 saturated carbocycles. The summed E-state index contributed by atoms with van der Waals surface area (Å²) in [6.07, 6.45) is -4.12. The fourth-order valence-corrected chi connectivity index (χ4v) is 2.65. The van der Waals surface area contributed by atoms with Crippen molar-refractivity contribution in [3.8, 4) is 0 Å². The van der Waals surface area contributed by atoms with Crippen molar-refractivity contribution in [2.24, 2.45) is 5.11 Å². The molecule has 1 fully saturated rings. The summed E-state index contributed by atoms with van der Waals surface area (Å²) in [5.74, 6) is -1.36. The van der Waals surface area contributed by atoms with Crippen LogP contribution in [0.25, 0.3) is 10.4 Å². The average Bonchev–Trinajstić information content (AvgIpc) is 2.43. The molecule has 0 aliphatic carbocycles. The van der Waals surface area contributed by atoms with Crippen LogP contribution in [0, 0.1) is 0 Å². The molecule has 1 N–H and O–H groups in total. The van der Waals surface area contributed by atoms with E-state index in [-0.39, 0.29) is 0 Å². The first-order valence-corrected chi connectivity index (χ1v) is 8.00. The smallest absolute Gasteiger partial charge is 0.318 e. The van der Waals surface area contributed by atoms with E-state index in [0.29, 0.717) is 6.42 Å². The van der Waals surface area contributed by atoms with Crippen LogP contribution < -0.4 is 0 Å². The Labute approximate surface area is 132 Å². The molecule has 1 aliphatic rings. The van der Waals surface area contributed by atoms with E-state index < -0.39 is 50.8 Å². The summed E-state index contributed by atoms with van der Waals surface area (Å²) in [6.45, 7) is 3.99. The molecule has 23 heavy (non-hydrogen) atoms. The second kappa shape index (κ2) is 8.85. The molecule has 11 nitrogen and oxygen atoms in total. The van der Waals surface area contributed by atoms with Gasteiger partial charge in [-0.2, -0.15) is 0 Å². The van der Waals surface area contributed by atoms with Crippen molar-refractivity contribution in [3.63, 3.8) is 0 Å². The summed E-state index contributed by atoms with van der Waals surface area (Å²) < 4.78 is 31.4. The lowest BCUT2D eigenvalue weighted by molar-refractivity contribution is -0.246. The van der Waals surface area contributed by atoms with Gasteiger partial charge in [-0.3, -0.25) is 18.7 Å². The second-order valence-corrected chi connectivity index (χ2v) is 5.45. The third-order valence-corrected chi connectivity index (χ3v) is 3.46. The Bertz CT molecular complexity index is 523. The predicted molar refractivity (Wildman–Crippen MR) is 75.3 cm³/mol. The third kappa shape index (κ3) is 5.49. The van der Waals surface area contributed by atoms with Gasteiger partial charge in [0.25, 0.3) is 0 Å². The molecule has 130 valence electrons. The van der Waals surface area contributed by atoms with Crippen molar-refractivity contribution in [3.05, 3.63) is 10.4 Å². The van der Waals surface area contributed by atoms with E-state index in [1.165, 1.54) is 0 Å². The molecule has 1 aliphatic heterocycles. The van der Waals surface area contributed by atoms with Crippen LogP contribution in [0.2, 0.25) is 0 Å². The van der Waals surface area contributed by atoms with Gasteiger partial charge in [-0.15, -0.1) is 0 Å². The zero-order valence-corrected chi connectivity index (χ0v) is 13.7. The van der Waals surface area contributed by atoms with Gasteiger partial charge in [-0.25, -0.2) is 0 Å². The lowest BCUT2D eigenvalue weighted by Gasteiger charge is -2.42. The van der Waals surface area contributed by atoms with Crippen LogP contribution in [0.4, 0.5) is 0 Å². The molecule has 1 heterocycles. The molecule has 0 aromatic rings. The molecule has 6 atom stereocenters. The highest BCUT2D eigenvalue weighted by atomic mass is 31.1. The normalized spacial score (nSPS) is 31.6. The Balaban J connectivity index is 3.23. The van der Waals surface area contributed by atoms with Crippen LogP contribution in [0.15, 0.2) is 5.11 Å². The number of ether oxygens (including phenoxy) is 3. The molecule has 3 unspecified atom stereocenters. The van der Waals surface area contributed by atoms with Crippen molar-refractivity contribution in [2.45, 2.75) is 57.8 Å². The van der Waals surface area contributed by atoms with Crippen LogP contribution in [0.5, 0.6) is 0 Å². The Kier molecular flexibility index (Phi) is 7.47. The monoisotopic (exact) mass is 351 g/mol. The summed E-state index contributed by atoms with van der Waals surface area (Å²) in [5.41, 5.74) is 8.68. The summed E-state index contributed by atoms with van der Waals surface area (Å²) in [6, 6.07) is -1.29. The Morgan fingerprint density at radius 1 is 1.30 bits per heavy atom. The van der Waals surface area contributed by atoms with E-state index in [9.17, 15) is 14.2 Å². The molecule has 0 radical (unpaired) electrons. The largest absolute Gasteiger partial charge is 0.458 e. The number of carbonyl (C=O) groups is 2. The van der Waals surface area contributed by atoms with E-state index in [1.54, 1.807) is 6.92 Å². The van der Waals surface area contributed by atoms with Gasteiger partial charge in [0.15, 0.2) is 18.5 Å². The molecule has 0 aromatic carbocycles. The Hall–Kier alpha value is -1.64. The number of carbonyl (C=O) groups excluding carboxylic acids is 2. The minimum absolute atomic E-state index is 0.324. The van der Waals surface area contributed by atoms with E-state index >= 15 is 0 Å². The summed E-state index contributed by atoms with van der Waals surface area (Å²) >= 11 is 0. The fourth-order valence-electron chi connectivity index (χ4n) is 2.26. The SMILES string of the molecule is CCC1O[C@H](O[PH](=O)O)C(N=[N+]=[N-])[C@@H](OC(C)=O)[C@@H]1OC(C)=O. The van der Waals surface area contributed by atoms with Gasteiger partial charge in [0.2, 0.25) is 0 Å². The van der Waals surface area contributed by atoms with Gasteiger partial charge in [-0.05, 0) is 12.0 Å². The van der Waals surface area contributed by atoms with Crippen LogP contribution in [0.1, 0.15) is 27.2 Å². The van der Waals surface area contributed by atoms with E-state index in [0.717, 1.165) is 13.8 Å². The summed E-state index contributed by atoms with van der Waals surface area (Å²) in [5, 5.41) is 3.41. The van der Waals surface area contributed by atoms with Gasteiger partial charge < -0.3 is 19.1 Å². The molecule has 0 bridgehead atoms. The zero-order chi connectivity index (χ0) is 17.6. The van der Waals surface area contributed by atoms with Gasteiger partial charge in [0, 0.05) is 18.8 Å². The van der Waals surface area contributed by atoms with Crippen LogP contribution in [-0.2, 0) is 32.9 Å². The first-order valence-electron chi connectivity index (χ1n) is 6.73. The summed E-state index contributed by atoms with van der Waals surface area (Å²) in [4.78, 5) is 34.2. The van der Waals surface area contributed by atoms with Gasteiger partial charge in [0.05, 0.1) is 0 Å². The van der Waals surface area contributed by atoms with Crippen molar-refractivity contribution in [2.75, 3.05) is 0 Å². The van der Waals surface area contributed by atoms with Crippen molar-refractivity contribution < 1.29 is 37.8 Å². The topological polar surface area (TPSA) is 157 Å².